The second-order valence-electron chi connectivity index (χ2n) is 5.71. The number of rotatable bonds is 5. The summed E-state index contributed by atoms with van der Waals surface area (Å²) in [6, 6.07) is 14.1. The summed E-state index contributed by atoms with van der Waals surface area (Å²) in [5, 5.41) is 17.1. The quantitative estimate of drug-likeness (QED) is 0.541. The van der Waals surface area contributed by atoms with Crippen molar-refractivity contribution in [3.8, 4) is 11.3 Å². The number of hydrogen-bond acceptors (Lipinski definition) is 4. The lowest BCUT2D eigenvalue weighted by molar-refractivity contribution is -0.247. The highest BCUT2D eigenvalue weighted by molar-refractivity contribution is 9.08. The molecular weight excluding hydrogens is 420 g/mol. The summed E-state index contributed by atoms with van der Waals surface area (Å²) < 4.78 is 5.08. The highest BCUT2D eigenvalue weighted by atomic mass is 79.9. The summed E-state index contributed by atoms with van der Waals surface area (Å²) in [6.07, 6.45) is -0.0596. The second kappa shape index (κ2) is 7.93. The Morgan fingerprint density at radius 3 is 2.58 bits per heavy atom. The van der Waals surface area contributed by atoms with E-state index < -0.39 is 12.1 Å². The zero-order valence-corrected chi connectivity index (χ0v) is 16.2. The molecule has 1 aromatic heterocycles. The van der Waals surface area contributed by atoms with Crippen LogP contribution in [0.1, 0.15) is 24.1 Å². The van der Waals surface area contributed by atoms with E-state index in [4.69, 9.17) is 16.1 Å². The van der Waals surface area contributed by atoms with E-state index in [-0.39, 0.29) is 0 Å². The van der Waals surface area contributed by atoms with Gasteiger partial charge in [0.15, 0.2) is 0 Å². The molecule has 1 heterocycles. The molecule has 0 aliphatic carbocycles. The normalized spacial score (nSPS) is 12.0. The maximum absolute atomic E-state index is 11.9. The first-order valence-corrected chi connectivity index (χ1v) is 9.37. The summed E-state index contributed by atoms with van der Waals surface area (Å²) >= 11 is 9.63. The monoisotopic (exact) mass is 433 g/mol. The first-order valence-electron chi connectivity index (χ1n) is 7.87. The van der Waals surface area contributed by atoms with Crippen LogP contribution in [-0.2, 0) is 5.33 Å². The van der Waals surface area contributed by atoms with E-state index in [0.717, 1.165) is 21.4 Å². The number of benzene rings is 2. The van der Waals surface area contributed by atoms with Gasteiger partial charge >= 0.3 is 0 Å². The number of alkyl halides is 1. The summed E-state index contributed by atoms with van der Waals surface area (Å²) in [5.41, 5.74) is 3.24. The van der Waals surface area contributed by atoms with Gasteiger partial charge in [-0.2, -0.15) is 0 Å². The molecule has 5 nitrogen and oxygen atoms in total. The minimum Gasteiger partial charge on any atom is -0.530 e. The average Bonchev–Trinajstić information content (AvgIpc) is 3.11. The zero-order valence-electron chi connectivity index (χ0n) is 13.9. The van der Waals surface area contributed by atoms with Crippen LogP contribution in [0.4, 0.5) is 10.5 Å². The van der Waals surface area contributed by atoms with Gasteiger partial charge in [-0.15, -0.1) is 0 Å². The molecule has 26 heavy (non-hydrogen) atoms. The van der Waals surface area contributed by atoms with Crippen molar-refractivity contribution < 1.29 is 14.4 Å². The van der Waals surface area contributed by atoms with Gasteiger partial charge in [-0.1, -0.05) is 75.2 Å². The van der Waals surface area contributed by atoms with E-state index in [9.17, 15) is 9.90 Å². The topological polar surface area (TPSA) is 69.4 Å². The van der Waals surface area contributed by atoms with Gasteiger partial charge in [-0.05, 0) is 24.1 Å². The highest BCUT2D eigenvalue weighted by Crippen LogP contribution is 2.36. The van der Waals surface area contributed by atoms with Crippen LogP contribution in [0.3, 0.4) is 0 Å². The lowest BCUT2D eigenvalue weighted by Crippen LogP contribution is -2.43. The van der Waals surface area contributed by atoms with Crippen LogP contribution in [0.5, 0.6) is 0 Å². The van der Waals surface area contributed by atoms with Gasteiger partial charge in [0, 0.05) is 15.9 Å². The molecule has 0 saturated heterocycles. The SMILES string of the molecule is CC(c1ccccc1Cl)N(C(=O)[O-])c1conc1-c1ccc(CBr)cc1. The Morgan fingerprint density at radius 1 is 1.27 bits per heavy atom. The third kappa shape index (κ3) is 3.61. The Balaban J connectivity index is 2.03. The predicted molar refractivity (Wildman–Crippen MR) is 102 cm³/mol. The van der Waals surface area contributed by atoms with Crippen molar-refractivity contribution in [2.45, 2.75) is 18.3 Å². The number of anilines is 1. The minimum absolute atomic E-state index is 0.309. The fourth-order valence-electron chi connectivity index (χ4n) is 2.77. The Hall–Kier alpha value is -2.31. The number of amides is 1. The molecule has 7 heteroatoms. The number of halogens is 2. The van der Waals surface area contributed by atoms with E-state index in [1.807, 2.05) is 24.3 Å². The standard InChI is InChI=1S/C19H16BrClN2O3/c1-12(15-4-2-3-5-16(15)21)23(19(24)25)17-11-26-22-18(17)14-8-6-13(10-20)7-9-14/h2-9,11-12H,10H2,1H3,(H,24,25)/p-1. The highest BCUT2D eigenvalue weighted by Gasteiger charge is 2.25. The van der Waals surface area contributed by atoms with Gasteiger partial charge in [-0.25, -0.2) is 0 Å². The Kier molecular flexibility index (Phi) is 5.64. The molecule has 1 unspecified atom stereocenters. The molecule has 134 valence electrons. The first kappa shape index (κ1) is 18.5. The van der Waals surface area contributed by atoms with E-state index in [1.165, 1.54) is 6.26 Å². The number of carbonyl (C=O) groups is 1. The third-order valence-corrected chi connectivity index (χ3v) is 5.12. The Bertz CT molecular complexity index is 911. The van der Waals surface area contributed by atoms with E-state index in [1.54, 1.807) is 31.2 Å². The largest absolute Gasteiger partial charge is 0.530 e. The van der Waals surface area contributed by atoms with Crippen molar-refractivity contribution in [2.75, 3.05) is 4.90 Å². The summed E-state index contributed by atoms with van der Waals surface area (Å²) in [4.78, 5) is 13.0. The van der Waals surface area contributed by atoms with Crippen LogP contribution < -0.4 is 10.0 Å². The van der Waals surface area contributed by atoms with Crippen LogP contribution in [0, 0.1) is 0 Å². The number of carboxylic acid groups (broad SMARTS) is 1. The van der Waals surface area contributed by atoms with Gasteiger partial charge in [-0.3, -0.25) is 0 Å². The summed E-state index contributed by atoms with van der Waals surface area (Å²) in [6.45, 7) is 1.74. The van der Waals surface area contributed by atoms with E-state index >= 15 is 0 Å². The van der Waals surface area contributed by atoms with Gasteiger partial charge < -0.3 is 19.3 Å². The smallest absolute Gasteiger partial charge is 0.148 e. The average molecular weight is 435 g/mol. The minimum atomic E-state index is -1.36. The molecule has 0 saturated carbocycles. The van der Waals surface area contributed by atoms with Crippen LogP contribution in [0.2, 0.25) is 5.02 Å². The molecule has 0 aliphatic heterocycles. The molecule has 0 N–H and O–H groups in total. The van der Waals surface area contributed by atoms with Crippen LogP contribution in [0.25, 0.3) is 11.3 Å². The molecule has 3 aromatic rings. The van der Waals surface area contributed by atoms with Gasteiger partial charge in [0.25, 0.3) is 0 Å². The number of carbonyl (C=O) groups excluding carboxylic acids is 1. The fourth-order valence-corrected chi connectivity index (χ4v) is 3.44. The number of nitrogens with zero attached hydrogens (tertiary/aromatic N) is 2. The molecule has 2 aromatic carbocycles. The second-order valence-corrected chi connectivity index (χ2v) is 6.68. The van der Waals surface area contributed by atoms with Crippen LogP contribution >= 0.6 is 27.5 Å². The first-order chi connectivity index (χ1) is 12.5. The lowest BCUT2D eigenvalue weighted by atomic mass is 10.0. The van der Waals surface area contributed by atoms with Gasteiger partial charge in [0.05, 0.1) is 6.04 Å². The van der Waals surface area contributed by atoms with Crippen LogP contribution in [-0.4, -0.2) is 11.2 Å². The molecule has 1 amide bonds. The van der Waals surface area contributed by atoms with Crippen molar-refractivity contribution in [1.82, 2.24) is 5.16 Å². The van der Waals surface area contributed by atoms with Crippen molar-refractivity contribution in [3.63, 3.8) is 0 Å². The Labute approximate surface area is 164 Å². The maximum Gasteiger partial charge on any atom is 0.148 e. The van der Waals surface area contributed by atoms with Gasteiger partial charge in [0.1, 0.15) is 23.7 Å². The zero-order chi connectivity index (χ0) is 18.7. The Morgan fingerprint density at radius 2 is 1.96 bits per heavy atom. The summed E-state index contributed by atoms with van der Waals surface area (Å²) in [7, 11) is 0. The molecule has 0 spiro atoms. The van der Waals surface area contributed by atoms with Crippen molar-refractivity contribution in [1.29, 1.82) is 0 Å². The molecule has 0 bridgehead atoms. The molecular formula is C19H15BrClN2O3-. The third-order valence-electron chi connectivity index (χ3n) is 4.13. The van der Waals surface area contributed by atoms with E-state index in [2.05, 4.69) is 21.1 Å². The van der Waals surface area contributed by atoms with Crippen LogP contribution in [0.15, 0.2) is 59.3 Å². The molecule has 3 rings (SSSR count). The van der Waals surface area contributed by atoms with E-state index in [0.29, 0.717) is 22.0 Å². The van der Waals surface area contributed by atoms with Crippen molar-refractivity contribution in [3.05, 3.63) is 70.9 Å². The molecule has 0 fully saturated rings. The fraction of sp³-hybridized carbons (Fsp3) is 0.158. The summed E-state index contributed by atoms with van der Waals surface area (Å²) in [5.74, 6) is 0. The van der Waals surface area contributed by atoms with Crippen molar-refractivity contribution in [2.24, 2.45) is 0 Å². The number of aromatic nitrogens is 1. The predicted octanol–water partition coefficient (Wildman–Crippen LogP) is 4.80. The molecule has 0 aliphatic rings. The molecule has 0 radical (unpaired) electrons. The maximum atomic E-state index is 11.9. The lowest BCUT2D eigenvalue weighted by Gasteiger charge is -2.31. The van der Waals surface area contributed by atoms with Gasteiger partial charge in [0.2, 0.25) is 0 Å². The van der Waals surface area contributed by atoms with Crippen molar-refractivity contribution >= 4 is 39.3 Å². The number of hydrogen-bond donors (Lipinski definition) is 0. The molecule has 1 atom stereocenters.